The number of fused-ring (bicyclic) bond motifs is 2. The summed E-state index contributed by atoms with van der Waals surface area (Å²) in [5, 5.41) is 3.50. The molecule has 1 aliphatic heterocycles. The Kier molecular flexibility index (Phi) is 6.24. The molecule has 0 aliphatic carbocycles. The number of methoxy groups -OCH3 is 3. The molecule has 184 valence electrons. The van der Waals surface area contributed by atoms with Crippen molar-refractivity contribution in [2.24, 2.45) is 0 Å². The smallest absolute Gasteiger partial charge is 0.254 e. The number of likely N-dealkylation sites (N-methyl/N-ethyl adjacent to an activating group) is 1. The summed E-state index contributed by atoms with van der Waals surface area (Å²) in [5.74, 6) is 0.332. The van der Waals surface area contributed by atoms with Gasteiger partial charge in [-0.2, -0.15) is 0 Å². The Labute approximate surface area is 212 Å². The van der Waals surface area contributed by atoms with Gasteiger partial charge in [0.05, 0.1) is 43.5 Å². The number of amides is 2. The van der Waals surface area contributed by atoms with E-state index in [1.54, 1.807) is 31.2 Å². The van der Waals surface area contributed by atoms with Crippen LogP contribution in [0.4, 0.5) is 5.13 Å². The van der Waals surface area contributed by atoms with Crippen LogP contribution in [0.15, 0.2) is 60.7 Å². The number of rotatable bonds is 6. The maximum Gasteiger partial charge on any atom is 0.254 e. The van der Waals surface area contributed by atoms with Crippen LogP contribution >= 0.6 is 11.3 Å². The molecule has 0 saturated heterocycles. The van der Waals surface area contributed by atoms with E-state index in [0.29, 0.717) is 33.5 Å². The lowest BCUT2D eigenvalue weighted by Crippen LogP contribution is -2.44. The average Bonchev–Trinajstić information content (AvgIpc) is 3.32. The number of carbonyl (C=O) groups excluding carboxylic acids is 2. The minimum Gasteiger partial charge on any atom is -0.497 e. The summed E-state index contributed by atoms with van der Waals surface area (Å²) < 4.78 is 17.2. The molecule has 9 heteroatoms. The van der Waals surface area contributed by atoms with E-state index < -0.39 is 12.0 Å². The van der Waals surface area contributed by atoms with E-state index in [1.165, 1.54) is 25.6 Å². The van der Waals surface area contributed by atoms with Crippen LogP contribution in [0.1, 0.15) is 33.4 Å². The van der Waals surface area contributed by atoms with Crippen molar-refractivity contribution in [2.45, 2.75) is 12.0 Å². The van der Waals surface area contributed by atoms with E-state index in [9.17, 15) is 9.59 Å². The highest BCUT2D eigenvalue weighted by Crippen LogP contribution is 2.46. The van der Waals surface area contributed by atoms with Crippen molar-refractivity contribution in [1.29, 1.82) is 0 Å². The number of nitrogens with zero attached hydrogens (tertiary/aromatic N) is 2. The number of benzene rings is 3. The van der Waals surface area contributed by atoms with Gasteiger partial charge in [0.15, 0.2) is 16.6 Å². The maximum absolute atomic E-state index is 13.9. The van der Waals surface area contributed by atoms with Crippen molar-refractivity contribution in [3.05, 3.63) is 77.4 Å². The Bertz CT molecular complexity index is 1420. The minimum absolute atomic E-state index is 0.212. The quantitative estimate of drug-likeness (QED) is 0.404. The van der Waals surface area contributed by atoms with Gasteiger partial charge in [-0.1, -0.05) is 35.6 Å². The standard InChI is InChI=1S/C27H25N3O5S/c1-30-24(15-9-11-16(33-2)12-10-15)23(17-13-20(34-3)21(35-4)14-18(17)26(30)32)25(31)29-27-28-19-7-5-6-8-22(19)36-27/h5-14,23-24H,1-4H3,(H,28,29,31). The van der Waals surface area contributed by atoms with Crippen LogP contribution in [-0.2, 0) is 4.79 Å². The molecular weight excluding hydrogens is 478 g/mol. The molecular formula is C27H25N3O5S. The first kappa shape index (κ1) is 23.6. The summed E-state index contributed by atoms with van der Waals surface area (Å²) in [6.45, 7) is 0. The molecule has 5 rings (SSSR count). The second-order valence-corrected chi connectivity index (χ2v) is 9.41. The van der Waals surface area contributed by atoms with Gasteiger partial charge in [-0.25, -0.2) is 4.98 Å². The predicted octanol–water partition coefficient (Wildman–Crippen LogP) is 4.87. The van der Waals surface area contributed by atoms with Crippen LogP contribution in [0.5, 0.6) is 17.2 Å². The van der Waals surface area contributed by atoms with Crippen molar-refractivity contribution in [3.63, 3.8) is 0 Å². The molecule has 0 saturated carbocycles. The zero-order valence-electron chi connectivity index (χ0n) is 20.3. The Morgan fingerprint density at radius 1 is 0.972 bits per heavy atom. The third-order valence-corrected chi connectivity index (χ3v) is 7.39. The first-order valence-electron chi connectivity index (χ1n) is 11.3. The monoisotopic (exact) mass is 503 g/mol. The lowest BCUT2D eigenvalue weighted by molar-refractivity contribution is -0.119. The van der Waals surface area contributed by atoms with Gasteiger partial charge in [0, 0.05) is 12.6 Å². The molecule has 2 heterocycles. The van der Waals surface area contributed by atoms with Crippen LogP contribution in [0.3, 0.4) is 0 Å². The van der Waals surface area contributed by atoms with Crippen molar-refractivity contribution in [3.8, 4) is 17.2 Å². The van der Waals surface area contributed by atoms with Crippen molar-refractivity contribution < 1.29 is 23.8 Å². The molecule has 0 bridgehead atoms. The van der Waals surface area contributed by atoms with Gasteiger partial charge in [0.25, 0.3) is 5.91 Å². The Morgan fingerprint density at radius 2 is 1.67 bits per heavy atom. The van der Waals surface area contributed by atoms with Gasteiger partial charge in [-0.05, 0) is 47.5 Å². The number of hydrogen-bond donors (Lipinski definition) is 1. The summed E-state index contributed by atoms with van der Waals surface area (Å²) in [5.41, 5.74) is 2.57. The summed E-state index contributed by atoms with van der Waals surface area (Å²) in [6, 6.07) is 17.9. The topological polar surface area (TPSA) is 90.0 Å². The van der Waals surface area contributed by atoms with Gasteiger partial charge >= 0.3 is 0 Å². The van der Waals surface area contributed by atoms with E-state index in [-0.39, 0.29) is 11.8 Å². The van der Waals surface area contributed by atoms with Crippen LogP contribution in [0.25, 0.3) is 10.2 Å². The SMILES string of the molecule is COc1ccc(C2C(C(=O)Nc3nc4ccccc4s3)c3cc(OC)c(OC)cc3C(=O)N2C)cc1. The highest BCUT2D eigenvalue weighted by molar-refractivity contribution is 7.22. The molecule has 0 fully saturated rings. The summed E-state index contributed by atoms with van der Waals surface area (Å²) in [6.07, 6.45) is 0. The maximum atomic E-state index is 13.9. The molecule has 2 amide bonds. The van der Waals surface area contributed by atoms with Gasteiger partial charge in [-0.3, -0.25) is 9.59 Å². The Hall–Kier alpha value is -4.11. The van der Waals surface area contributed by atoms with Crippen LogP contribution in [0, 0.1) is 0 Å². The highest BCUT2D eigenvalue weighted by atomic mass is 32.1. The molecule has 36 heavy (non-hydrogen) atoms. The molecule has 3 aromatic carbocycles. The van der Waals surface area contributed by atoms with Crippen molar-refractivity contribution in [1.82, 2.24) is 9.88 Å². The number of hydrogen-bond acceptors (Lipinski definition) is 7. The third kappa shape index (κ3) is 4.01. The first-order valence-corrected chi connectivity index (χ1v) is 12.1. The predicted molar refractivity (Wildman–Crippen MR) is 138 cm³/mol. The molecule has 1 aliphatic rings. The van der Waals surface area contributed by atoms with E-state index in [2.05, 4.69) is 10.3 Å². The van der Waals surface area contributed by atoms with Crippen LogP contribution < -0.4 is 19.5 Å². The summed E-state index contributed by atoms with van der Waals surface area (Å²) in [4.78, 5) is 33.6. The fourth-order valence-corrected chi connectivity index (χ4v) is 5.53. The molecule has 2 atom stereocenters. The normalized spacial score (nSPS) is 17.0. The zero-order chi connectivity index (χ0) is 25.4. The molecule has 8 nitrogen and oxygen atoms in total. The number of nitrogens with one attached hydrogen (secondary N) is 1. The molecule has 0 radical (unpaired) electrons. The zero-order valence-corrected chi connectivity index (χ0v) is 21.1. The Balaban J connectivity index is 1.64. The van der Waals surface area contributed by atoms with Crippen LogP contribution in [0.2, 0.25) is 0 Å². The van der Waals surface area contributed by atoms with Crippen molar-refractivity contribution >= 4 is 38.5 Å². The fraction of sp³-hybridized carbons (Fsp3) is 0.222. The van der Waals surface area contributed by atoms with E-state index in [0.717, 1.165) is 15.8 Å². The lowest BCUT2D eigenvalue weighted by atomic mass is 9.79. The van der Waals surface area contributed by atoms with Gasteiger partial charge in [0.1, 0.15) is 5.75 Å². The number of para-hydroxylation sites is 1. The van der Waals surface area contributed by atoms with Gasteiger partial charge in [0.2, 0.25) is 5.91 Å². The number of aromatic nitrogens is 1. The van der Waals surface area contributed by atoms with E-state index in [1.807, 2.05) is 48.5 Å². The van der Waals surface area contributed by atoms with Crippen LogP contribution in [-0.4, -0.2) is 50.1 Å². The lowest BCUT2D eigenvalue weighted by Gasteiger charge is -2.40. The third-order valence-electron chi connectivity index (χ3n) is 6.44. The average molecular weight is 504 g/mol. The largest absolute Gasteiger partial charge is 0.497 e. The van der Waals surface area contributed by atoms with Gasteiger partial charge < -0.3 is 24.4 Å². The molecule has 1 N–H and O–H groups in total. The van der Waals surface area contributed by atoms with Crippen molar-refractivity contribution in [2.75, 3.05) is 33.7 Å². The van der Waals surface area contributed by atoms with E-state index >= 15 is 0 Å². The highest BCUT2D eigenvalue weighted by Gasteiger charge is 2.43. The molecule has 4 aromatic rings. The summed E-state index contributed by atoms with van der Waals surface area (Å²) in [7, 11) is 6.33. The second kappa shape index (κ2) is 9.50. The molecule has 2 unspecified atom stereocenters. The number of ether oxygens (including phenoxy) is 3. The minimum atomic E-state index is -0.733. The number of thiazole rings is 1. The van der Waals surface area contributed by atoms with Gasteiger partial charge in [-0.15, -0.1) is 0 Å². The second-order valence-electron chi connectivity index (χ2n) is 8.38. The van der Waals surface area contributed by atoms with E-state index in [4.69, 9.17) is 14.2 Å². The Morgan fingerprint density at radius 3 is 2.33 bits per heavy atom. The first-order chi connectivity index (χ1) is 17.4. The summed E-state index contributed by atoms with van der Waals surface area (Å²) >= 11 is 1.40. The molecule has 1 aromatic heterocycles. The molecule has 0 spiro atoms. The fourth-order valence-electron chi connectivity index (χ4n) is 4.66. The number of anilines is 1. The number of carbonyl (C=O) groups is 2.